The van der Waals surface area contributed by atoms with Gasteiger partial charge in [-0.15, -0.1) is 0 Å². The molecule has 0 radical (unpaired) electrons. The van der Waals surface area contributed by atoms with Gasteiger partial charge in [0.15, 0.2) is 11.5 Å². The number of nitro groups is 1. The minimum Gasteiger partial charge on any atom is -0.486 e. The predicted octanol–water partition coefficient (Wildman–Crippen LogP) is 1.91. The van der Waals surface area contributed by atoms with E-state index in [9.17, 15) is 10.1 Å². The van der Waals surface area contributed by atoms with Gasteiger partial charge in [0.05, 0.1) is 11.0 Å². The van der Waals surface area contributed by atoms with Crippen LogP contribution in [0.3, 0.4) is 0 Å². The Balaban J connectivity index is 2.31. The molecule has 6 heteroatoms. The molecule has 0 spiro atoms. The van der Waals surface area contributed by atoms with Crippen LogP contribution in [0.1, 0.15) is 19.4 Å². The molecule has 1 heterocycles. The maximum atomic E-state index is 11.1. The van der Waals surface area contributed by atoms with Gasteiger partial charge >= 0.3 is 0 Å². The average molecular weight is 266 g/mol. The standard InChI is InChI=1S/C13H18N2O4/c1-3-14-9(2)6-10-7-12-13(19-5-4-18-12)8-11(10)15(16)17/h7-9,14H,3-6H2,1-2H3. The van der Waals surface area contributed by atoms with Crippen molar-refractivity contribution in [3.63, 3.8) is 0 Å². The Kier molecular flexibility index (Phi) is 4.21. The van der Waals surface area contributed by atoms with E-state index in [1.54, 1.807) is 6.07 Å². The van der Waals surface area contributed by atoms with Crippen molar-refractivity contribution in [3.8, 4) is 11.5 Å². The van der Waals surface area contributed by atoms with Crippen molar-refractivity contribution in [2.24, 2.45) is 0 Å². The molecule has 1 N–H and O–H groups in total. The molecule has 0 amide bonds. The van der Waals surface area contributed by atoms with Gasteiger partial charge in [0.25, 0.3) is 5.69 Å². The zero-order chi connectivity index (χ0) is 13.8. The van der Waals surface area contributed by atoms with Crippen molar-refractivity contribution < 1.29 is 14.4 Å². The molecule has 1 unspecified atom stereocenters. The maximum Gasteiger partial charge on any atom is 0.276 e. The van der Waals surface area contributed by atoms with Crippen LogP contribution in [-0.2, 0) is 6.42 Å². The normalized spacial score (nSPS) is 15.1. The zero-order valence-electron chi connectivity index (χ0n) is 11.1. The summed E-state index contributed by atoms with van der Waals surface area (Å²) >= 11 is 0. The summed E-state index contributed by atoms with van der Waals surface area (Å²) in [6.45, 7) is 5.75. The Hall–Kier alpha value is -1.82. The lowest BCUT2D eigenvalue weighted by molar-refractivity contribution is -0.385. The molecule has 0 aliphatic carbocycles. The molecule has 1 aromatic rings. The van der Waals surface area contributed by atoms with Gasteiger partial charge in [-0.25, -0.2) is 0 Å². The van der Waals surface area contributed by atoms with Crippen molar-refractivity contribution in [1.82, 2.24) is 5.32 Å². The maximum absolute atomic E-state index is 11.1. The second-order valence-electron chi connectivity index (χ2n) is 4.54. The van der Waals surface area contributed by atoms with E-state index >= 15 is 0 Å². The van der Waals surface area contributed by atoms with E-state index < -0.39 is 0 Å². The lowest BCUT2D eigenvalue weighted by Crippen LogP contribution is -2.28. The first-order valence-electron chi connectivity index (χ1n) is 6.42. The Morgan fingerprint density at radius 3 is 2.58 bits per heavy atom. The molecule has 0 fully saturated rings. The monoisotopic (exact) mass is 266 g/mol. The average Bonchev–Trinajstić information content (AvgIpc) is 2.38. The number of nitro benzene ring substituents is 1. The number of hydrogen-bond donors (Lipinski definition) is 1. The number of rotatable bonds is 5. The van der Waals surface area contributed by atoms with Crippen LogP contribution in [-0.4, -0.2) is 30.7 Å². The predicted molar refractivity (Wildman–Crippen MR) is 70.9 cm³/mol. The van der Waals surface area contributed by atoms with Crippen molar-refractivity contribution in [1.29, 1.82) is 0 Å². The topological polar surface area (TPSA) is 73.6 Å². The van der Waals surface area contributed by atoms with Crippen molar-refractivity contribution in [3.05, 3.63) is 27.8 Å². The number of ether oxygens (including phenoxy) is 2. The summed E-state index contributed by atoms with van der Waals surface area (Å²) in [5.74, 6) is 1.05. The summed E-state index contributed by atoms with van der Waals surface area (Å²) < 4.78 is 10.8. The fraction of sp³-hybridized carbons (Fsp3) is 0.538. The van der Waals surface area contributed by atoms with Crippen LogP contribution in [0.15, 0.2) is 12.1 Å². The molecule has 1 atom stereocenters. The molecule has 0 bridgehead atoms. The lowest BCUT2D eigenvalue weighted by atomic mass is 10.0. The molecule has 1 aliphatic rings. The van der Waals surface area contributed by atoms with Gasteiger partial charge in [0.1, 0.15) is 13.2 Å². The molecule has 1 aliphatic heterocycles. The van der Waals surface area contributed by atoms with Crippen molar-refractivity contribution >= 4 is 5.69 Å². The highest BCUT2D eigenvalue weighted by Crippen LogP contribution is 2.37. The summed E-state index contributed by atoms with van der Waals surface area (Å²) in [6.07, 6.45) is 0.584. The molecule has 0 aromatic heterocycles. The van der Waals surface area contributed by atoms with Gasteiger partial charge in [0, 0.05) is 11.6 Å². The number of benzene rings is 1. The van der Waals surface area contributed by atoms with Gasteiger partial charge in [-0.2, -0.15) is 0 Å². The van der Waals surface area contributed by atoms with Crippen molar-refractivity contribution in [2.45, 2.75) is 26.3 Å². The van der Waals surface area contributed by atoms with E-state index in [0.717, 1.165) is 6.54 Å². The fourth-order valence-corrected chi connectivity index (χ4v) is 2.20. The number of likely N-dealkylation sites (N-methyl/N-ethyl adjacent to an activating group) is 1. The second-order valence-corrected chi connectivity index (χ2v) is 4.54. The van der Waals surface area contributed by atoms with Crippen LogP contribution in [0, 0.1) is 10.1 Å². The summed E-state index contributed by atoms with van der Waals surface area (Å²) in [5, 5.41) is 14.4. The van der Waals surface area contributed by atoms with E-state index in [1.165, 1.54) is 6.07 Å². The van der Waals surface area contributed by atoms with Gasteiger partial charge in [-0.3, -0.25) is 10.1 Å². The summed E-state index contributed by atoms with van der Waals surface area (Å²) in [4.78, 5) is 10.8. The fourth-order valence-electron chi connectivity index (χ4n) is 2.20. The zero-order valence-corrected chi connectivity index (χ0v) is 11.1. The molecular formula is C13H18N2O4. The van der Waals surface area contributed by atoms with Crippen LogP contribution in [0.5, 0.6) is 11.5 Å². The highest BCUT2D eigenvalue weighted by molar-refractivity contribution is 5.55. The highest BCUT2D eigenvalue weighted by atomic mass is 16.6. The van der Waals surface area contributed by atoms with Gasteiger partial charge in [0.2, 0.25) is 0 Å². The van der Waals surface area contributed by atoms with Crippen LogP contribution < -0.4 is 14.8 Å². The molecule has 0 saturated heterocycles. The molecule has 104 valence electrons. The smallest absolute Gasteiger partial charge is 0.276 e. The number of nitrogens with one attached hydrogen (secondary N) is 1. The van der Waals surface area contributed by atoms with Crippen LogP contribution in [0.4, 0.5) is 5.69 Å². The first-order valence-corrected chi connectivity index (χ1v) is 6.42. The minimum atomic E-state index is -0.369. The van der Waals surface area contributed by atoms with Gasteiger partial charge < -0.3 is 14.8 Å². The minimum absolute atomic E-state index is 0.0917. The third-order valence-corrected chi connectivity index (χ3v) is 3.02. The van der Waals surface area contributed by atoms with Gasteiger partial charge in [-0.05, 0) is 26.0 Å². The van der Waals surface area contributed by atoms with Crippen LogP contribution in [0.2, 0.25) is 0 Å². The largest absolute Gasteiger partial charge is 0.486 e. The van der Waals surface area contributed by atoms with E-state index in [4.69, 9.17) is 9.47 Å². The Morgan fingerprint density at radius 2 is 2.00 bits per heavy atom. The quantitative estimate of drug-likeness (QED) is 0.651. The van der Waals surface area contributed by atoms with Crippen LogP contribution >= 0.6 is 0 Å². The van der Waals surface area contributed by atoms with Crippen LogP contribution in [0.25, 0.3) is 0 Å². The number of fused-ring (bicyclic) bond motifs is 1. The van der Waals surface area contributed by atoms with E-state index in [2.05, 4.69) is 5.32 Å². The number of hydrogen-bond acceptors (Lipinski definition) is 5. The second kappa shape index (κ2) is 5.88. The van der Waals surface area contributed by atoms with E-state index in [-0.39, 0.29) is 16.7 Å². The van der Waals surface area contributed by atoms with E-state index in [0.29, 0.717) is 36.7 Å². The SMILES string of the molecule is CCNC(C)Cc1cc2c(cc1[N+](=O)[O-])OCCO2. The molecule has 1 aromatic carbocycles. The molecule has 19 heavy (non-hydrogen) atoms. The summed E-state index contributed by atoms with van der Waals surface area (Å²) in [6, 6.07) is 3.36. The molecule has 2 rings (SSSR count). The number of nitrogens with zero attached hydrogens (tertiary/aromatic N) is 1. The first-order chi connectivity index (χ1) is 9.11. The Bertz CT molecular complexity index is 476. The third kappa shape index (κ3) is 3.14. The summed E-state index contributed by atoms with van der Waals surface area (Å²) in [7, 11) is 0. The lowest BCUT2D eigenvalue weighted by Gasteiger charge is -2.20. The third-order valence-electron chi connectivity index (χ3n) is 3.02. The Morgan fingerprint density at radius 1 is 1.37 bits per heavy atom. The molecule has 6 nitrogen and oxygen atoms in total. The first kappa shape index (κ1) is 13.6. The molecular weight excluding hydrogens is 248 g/mol. The molecule has 0 saturated carbocycles. The highest BCUT2D eigenvalue weighted by Gasteiger charge is 2.22. The van der Waals surface area contributed by atoms with E-state index in [1.807, 2.05) is 13.8 Å². The Labute approximate surface area is 111 Å². The van der Waals surface area contributed by atoms with Gasteiger partial charge in [-0.1, -0.05) is 6.92 Å². The van der Waals surface area contributed by atoms with Crippen molar-refractivity contribution in [2.75, 3.05) is 19.8 Å². The summed E-state index contributed by atoms with van der Waals surface area (Å²) in [5.41, 5.74) is 0.761.